The second-order valence-corrected chi connectivity index (χ2v) is 13.5. The van der Waals surface area contributed by atoms with Crippen LogP contribution in [0.1, 0.15) is 168 Å². The van der Waals surface area contributed by atoms with E-state index in [4.69, 9.17) is 14.8 Å². The van der Waals surface area contributed by atoms with Crippen molar-refractivity contribution in [3.05, 3.63) is 12.2 Å². The summed E-state index contributed by atoms with van der Waals surface area (Å²) in [7, 11) is -4.32. The lowest BCUT2D eigenvalue weighted by molar-refractivity contribution is -0.123. The molecule has 0 aliphatic heterocycles. The Labute approximate surface area is 265 Å². The molecule has 0 radical (unpaired) electrons. The quantitative estimate of drug-likeness (QED) is 0.0323. The first-order chi connectivity index (χ1) is 20.9. The number of nitrogens with one attached hydrogen (secondary N) is 1. The van der Waals surface area contributed by atoms with Crippen molar-refractivity contribution in [1.29, 1.82) is 0 Å². The summed E-state index contributed by atoms with van der Waals surface area (Å²) in [6.45, 7) is 4.11. The molecule has 0 aliphatic rings. The van der Waals surface area contributed by atoms with Gasteiger partial charge in [0.15, 0.2) is 0 Å². The second kappa shape index (κ2) is 31.2. The number of carbonyl (C=O) groups is 1. The number of nitrogens with two attached hydrogens (primary N) is 1. The number of aliphatic hydroxyl groups is 1. The lowest BCUT2D eigenvalue weighted by atomic mass is 10.0. The molecule has 0 aromatic carbocycles. The Morgan fingerprint density at radius 3 is 1.65 bits per heavy atom. The third-order valence-electron chi connectivity index (χ3n) is 7.86. The van der Waals surface area contributed by atoms with Crippen LogP contribution in [-0.2, 0) is 18.4 Å². The van der Waals surface area contributed by atoms with Gasteiger partial charge >= 0.3 is 7.82 Å². The van der Waals surface area contributed by atoms with Crippen LogP contribution in [0.3, 0.4) is 0 Å². The summed E-state index contributed by atoms with van der Waals surface area (Å²) in [4.78, 5) is 22.5. The van der Waals surface area contributed by atoms with E-state index < -0.39 is 20.0 Å². The fourth-order valence-corrected chi connectivity index (χ4v) is 5.89. The van der Waals surface area contributed by atoms with Crippen molar-refractivity contribution in [1.82, 2.24) is 5.32 Å². The van der Waals surface area contributed by atoms with E-state index in [2.05, 4.69) is 19.2 Å². The molecule has 1 amide bonds. The predicted octanol–water partition coefficient (Wildman–Crippen LogP) is 8.88. The van der Waals surface area contributed by atoms with E-state index >= 15 is 0 Å². The number of allylic oxidation sites excluding steroid dienone is 1. The maximum absolute atomic E-state index is 12.6. The Kier molecular flexibility index (Phi) is 30.7. The van der Waals surface area contributed by atoms with Crippen molar-refractivity contribution in [3.8, 4) is 0 Å². The zero-order valence-electron chi connectivity index (χ0n) is 28.0. The topological polar surface area (TPSA) is 131 Å². The third-order valence-corrected chi connectivity index (χ3v) is 8.85. The lowest BCUT2D eigenvalue weighted by Crippen LogP contribution is -2.45. The summed E-state index contributed by atoms with van der Waals surface area (Å²) < 4.78 is 22.0. The largest absolute Gasteiger partial charge is 0.472 e. The Hall–Kier alpha value is -0.760. The summed E-state index contributed by atoms with van der Waals surface area (Å²) in [5, 5.41) is 13.6. The lowest BCUT2D eigenvalue weighted by Gasteiger charge is -2.23. The van der Waals surface area contributed by atoms with Crippen LogP contribution >= 0.6 is 7.82 Å². The molecule has 0 spiro atoms. The number of carbonyl (C=O) groups excluding carboxylic acids is 1. The van der Waals surface area contributed by atoms with Gasteiger partial charge in [0, 0.05) is 13.0 Å². The maximum atomic E-state index is 12.6. The van der Waals surface area contributed by atoms with Crippen molar-refractivity contribution < 1.29 is 28.4 Å². The van der Waals surface area contributed by atoms with Crippen LogP contribution in [0, 0.1) is 0 Å². The molecule has 9 heteroatoms. The number of hydrogen-bond acceptors (Lipinski definition) is 6. The van der Waals surface area contributed by atoms with Crippen molar-refractivity contribution in [2.75, 3.05) is 19.8 Å². The minimum atomic E-state index is -4.32. The molecule has 0 fully saturated rings. The molecule has 0 aromatic rings. The minimum absolute atomic E-state index is 0.0808. The highest BCUT2D eigenvalue weighted by atomic mass is 31.2. The standard InChI is InChI=1S/C34H69N2O6P/c1-3-5-7-9-11-13-15-16-18-19-21-23-25-27-33(37)32(31-42-43(39,40)41-30-29-35)36-34(38)28-26-24-22-20-17-14-12-10-8-6-4-2/h25,27,32-33,37H,3-24,26,28-31,35H2,1-2H3,(H,36,38)(H,39,40)/b27-25+/t32-,33+/m0/s1. The van der Waals surface area contributed by atoms with Crippen LogP contribution in [0.2, 0.25) is 0 Å². The van der Waals surface area contributed by atoms with E-state index in [1.54, 1.807) is 6.08 Å². The van der Waals surface area contributed by atoms with Crippen molar-refractivity contribution in [2.24, 2.45) is 5.73 Å². The highest BCUT2D eigenvalue weighted by Crippen LogP contribution is 2.43. The highest BCUT2D eigenvalue weighted by Gasteiger charge is 2.26. The number of rotatable bonds is 33. The molecule has 5 N–H and O–H groups in total. The van der Waals surface area contributed by atoms with Gasteiger partial charge in [0.25, 0.3) is 0 Å². The molecule has 0 bridgehead atoms. The number of amides is 1. The van der Waals surface area contributed by atoms with E-state index in [0.717, 1.165) is 38.5 Å². The molecule has 8 nitrogen and oxygen atoms in total. The van der Waals surface area contributed by atoms with Gasteiger partial charge in [-0.3, -0.25) is 13.8 Å². The Bertz CT molecular complexity index is 694. The molecule has 256 valence electrons. The average Bonchev–Trinajstić information content (AvgIpc) is 2.99. The number of phosphoric acid groups is 1. The number of unbranched alkanes of at least 4 members (excludes halogenated alkanes) is 21. The number of aliphatic hydroxyl groups excluding tert-OH is 1. The first-order valence-corrected chi connectivity index (χ1v) is 19.3. The molecule has 0 heterocycles. The van der Waals surface area contributed by atoms with Gasteiger partial charge in [0.1, 0.15) is 0 Å². The summed E-state index contributed by atoms with van der Waals surface area (Å²) in [5.74, 6) is -0.196. The smallest absolute Gasteiger partial charge is 0.387 e. The number of phosphoric ester groups is 1. The van der Waals surface area contributed by atoms with Crippen LogP contribution in [-0.4, -0.2) is 47.8 Å². The monoisotopic (exact) mass is 632 g/mol. The van der Waals surface area contributed by atoms with E-state index in [-0.39, 0.29) is 25.7 Å². The molecule has 3 atom stereocenters. The molecule has 0 aliphatic carbocycles. The molecular weight excluding hydrogens is 563 g/mol. The summed E-state index contributed by atoms with van der Waals surface area (Å²) >= 11 is 0. The van der Waals surface area contributed by atoms with Crippen LogP contribution in [0.25, 0.3) is 0 Å². The fourth-order valence-electron chi connectivity index (χ4n) is 5.13. The molecule has 0 aromatic heterocycles. The zero-order chi connectivity index (χ0) is 31.9. The summed E-state index contributed by atoms with van der Waals surface area (Å²) in [6, 6.07) is -0.851. The molecule has 0 saturated heterocycles. The first-order valence-electron chi connectivity index (χ1n) is 17.8. The average molecular weight is 633 g/mol. The zero-order valence-corrected chi connectivity index (χ0v) is 28.8. The summed E-state index contributed by atoms with van der Waals surface area (Å²) in [6.07, 6.45) is 31.1. The van der Waals surface area contributed by atoms with Gasteiger partial charge in [0.2, 0.25) is 5.91 Å². The number of hydrogen-bond donors (Lipinski definition) is 4. The van der Waals surface area contributed by atoms with Crippen LogP contribution in [0.15, 0.2) is 12.2 Å². The molecule has 0 saturated carbocycles. The molecule has 43 heavy (non-hydrogen) atoms. The Morgan fingerprint density at radius 2 is 1.19 bits per heavy atom. The van der Waals surface area contributed by atoms with Gasteiger partial charge in [-0.2, -0.15) is 0 Å². The van der Waals surface area contributed by atoms with E-state index in [1.165, 1.54) is 109 Å². The maximum Gasteiger partial charge on any atom is 0.472 e. The van der Waals surface area contributed by atoms with E-state index in [0.29, 0.717) is 6.42 Å². The molecule has 1 unspecified atom stereocenters. The second-order valence-electron chi connectivity index (χ2n) is 12.1. The van der Waals surface area contributed by atoms with E-state index in [9.17, 15) is 19.4 Å². The van der Waals surface area contributed by atoms with Gasteiger partial charge < -0.3 is 21.1 Å². The van der Waals surface area contributed by atoms with Gasteiger partial charge in [-0.1, -0.05) is 154 Å². The van der Waals surface area contributed by atoms with Crippen molar-refractivity contribution in [2.45, 2.75) is 180 Å². The Morgan fingerprint density at radius 1 is 0.744 bits per heavy atom. The van der Waals surface area contributed by atoms with Gasteiger partial charge in [-0.05, 0) is 19.3 Å². The van der Waals surface area contributed by atoms with Gasteiger partial charge in [-0.15, -0.1) is 0 Å². The van der Waals surface area contributed by atoms with Gasteiger partial charge in [-0.25, -0.2) is 4.57 Å². The minimum Gasteiger partial charge on any atom is -0.387 e. The van der Waals surface area contributed by atoms with Crippen LogP contribution < -0.4 is 11.1 Å². The van der Waals surface area contributed by atoms with E-state index in [1.807, 2.05) is 6.08 Å². The van der Waals surface area contributed by atoms with Crippen LogP contribution in [0.4, 0.5) is 0 Å². The van der Waals surface area contributed by atoms with Crippen molar-refractivity contribution >= 4 is 13.7 Å². The first kappa shape index (κ1) is 42.2. The molecular formula is C34H69N2O6P. The normalized spacial score (nSPS) is 14.6. The fraction of sp³-hybridized carbons (Fsp3) is 0.912. The van der Waals surface area contributed by atoms with Crippen molar-refractivity contribution in [3.63, 3.8) is 0 Å². The SMILES string of the molecule is CCCCCCCCCCCCC/C=C/[C@@H](O)[C@H](COP(=O)(O)OCCN)NC(=O)CCCCCCCCCCCCC. The highest BCUT2D eigenvalue weighted by molar-refractivity contribution is 7.47. The summed E-state index contributed by atoms with van der Waals surface area (Å²) in [5.41, 5.74) is 5.34. The third kappa shape index (κ3) is 29.7. The van der Waals surface area contributed by atoms with Gasteiger partial charge in [0.05, 0.1) is 25.4 Å². The Balaban J connectivity index is 4.36. The predicted molar refractivity (Wildman–Crippen MR) is 180 cm³/mol. The van der Waals surface area contributed by atoms with Crippen LogP contribution in [0.5, 0.6) is 0 Å². The molecule has 0 rings (SSSR count).